The molecule has 5 nitrogen and oxygen atoms in total. The standard InChI is InChI=1S/C15H13ClN2O3/c16-11-6-7-13(17-8-11)18-12(9-19)14(15(20)21)10-4-2-1-3-5-10/h1-9,12,14H,(H,17,18)(H,20,21). The molecule has 0 aliphatic rings. The number of aldehydes is 1. The molecule has 1 heterocycles. The zero-order valence-corrected chi connectivity index (χ0v) is 11.7. The zero-order chi connectivity index (χ0) is 15.2. The van der Waals surface area contributed by atoms with Crippen LogP contribution < -0.4 is 5.32 Å². The molecule has 0 fully saturated rings. The number of hydrogen-bond donors (Lipinski definition) is 2. The molecule has 2 atom stereocenters. The van der Waals surface area contributed by atoms with Crippen LogP contribution in [0.15, 0.2) is 48.7 Å². The molecule has 1 aromatic carbocycles. The molecule has 0 radical (unpaired) electrons. The summed E-state index contributed by atoms with van der Waals surface area (Å²) < 4.78 is 0. The van der Waals surface area contributed by atoms with Gasteiger partial charge < -0.3 is 15.2 Å². The Bertz CT molecular complexity index is 617. The SMILES string of the molecule is O=CC(Nc1ccc(Cl)cn1)C(C(=O)O)c1ccccc1. The Morgan fingerprint density at radius 2 is 1.95 bits per heavy atom. The number of rotatable bonds is 6. The van der Waals surface area contributed by atoms with Crippen molar-refractivity contribution in [2.24, 2.45) is 0 Å². The zero-order valence-electron chi connectivity index (χ0n) is 10.9. The second kappa shape index (κ2) is 6.85. The third-order valence-corrected chi connectivity index (χ3v) is 3.20. The van der Waals surface area contributed by atoms with E-state index in [1.165, 1.54) is 6.20 Å². The van der Waals surface area contributed by atoms with Crippen LogP contribution in [-0.4, -0.2) is 28.4 Å². The van der Waals surface area contributed by atoms with E-state index in [0.29, 0.717) is 22.7 Å². The minimum atomic E-state index is -1.08. The van der Waals surface area contributed by atoms with E-state index in [-0.39, 0.29) is 0 Å². The normalized spacial score (nSPS) is 13.2. The molecule has 2 unspecified atom stereocenters. The number of hydrogen-bond acceptors (Lipinski definition) is 4. The number of anilines is 1. The van der Waals surface area contributed by atoms with Crippen molar-refractivity contribution in [2.75, 3.05) is 5.32 Å². The van der Waals surface area contributed by atoms with Crippen molar-refractivity contribution < 1.29 is 14.7 Å². The Kier molecular flexibility index (Phi) is 4.90. The summed E-state index contributed by atoms with van der Waals surface area (Å²) in [5, 5.41) is 12.7. The van der Waals surface area contributed by atoms with Gasteiger partial charge in [0.2, 0.25) is 0 Å². The van der Waals surface area contributed by atoms with Gasteiger partial charge in [-0.1, -0.05) is 41.9 Å². The Labute approximate surface area is 126 Å². The first kappa shape index (κ1) is 15.0. The predicted molar refractivity (Wildman–Crippen MR) is 79.5 cm³/mol. The fraction of sp³-hybridized carbons (Fsp3) is 0.133. The number of benzene rings is 1. The summed E-state index contributed by atoms with van der Waals surface area (Å²) in [6.07, 6.45) is 1.99. The number of carboxylic acids is 1. The Morgan fingerprint density at radius 3 is 2.48 bits per heavy atom. The van der Waals surface area contributed by atoms with E-state index in [1.807, 2.05) is 0 Å². The molecule has 2 rings (SSSR count). The number of carboxylic acid groups (broad SMARTS) is 1. The minimum absolute atomic E-state index is 0.388. The van der Waals surface area contributed by atoms with Crippen molar-refractivity contribution >= 4 is 29.7 Å². The number of aliphatic carboxylic acids is 1. The van der Waals surface area contributed by atoms with Crippen LogP contribution in [0.3, 0.4) is 0 Å². The highest BCUT2D eigenvalue weighted by Crippen LogP contribution is 2.22. The molecule has 0 aliphatic carbocycles. The van der Waals surface area contributed by atoms with Crippen LogP contribution in [0.1, 0.15) is 11.5 Å². The summed E-state index contributed by atoms with van der Waals surface area (Å²) in [5.41, 5.74) is 0.545. The van der Waals surface area contributed by atoms with E-state index >= 15 is 0 Å². The molecule has 108 valence electrons. The van der Waals surface area contributed by atoms with Crippen LogP contribution in [-0.2, 0) is 9.59 Å². The first-order valence-electron chi connectivity index (χ1n) is 6.23. The summed E-state index contributed by atoms with van der Waals surface area (Å²) in [6, 6.07) is 10.9. The Balaban J connectivity index is 2.26. The maximum absolute atomic E-state index is 11.5. The van der Waals surface area contributed by atoms with Crippen LogP contribution in [0.25, 0.3) is 0 Å². The van der Waals surface area contributed by atoms with Gasteiger partial charge in [0, 0.05) is 6.20 Å². The van der Waals surface area contributed by atoms with Gasteiger partial charge in [0.25, 0.3) is 0 Å². The minimum Gasteiger partial charge on any atom is -0.481 e. The van der Waals surface area contributed by atoms with Gasteiger partial charge in [0.15, 0.2) is 0 Å². The maximum atomic E-state index is 11.5. The van der Waals surface area contributed by atoms with Crippen molar-refractivity contribution in [3.63, 3.8) is 0 Å². The third-order valence-electron chi connectivity index (χ3n) is 2.97. The number of halogens is 1. The molecule has 0 saturated carbocycles. The topological polar surface area (TPSA) is 79.3 Å². The van der Waals surface area contributed by atoms with Crippen LogP contribution in [0.4, 0.5) is 5.82 Å². The van der Waals surface area contributed by atoms with Crippen molar-refractivity contribution in [3.8, 4) is 0 Å². The van der Waals surface area contributed by atoms with Crippen LogP contribution in [0.5, 0.6) is 0 Å². The first-order valence-corrected chi connectivity index (χ1v) is 6.60. The Morgan fingerprint density at radius 1 is 1.24 bits per heavy atom. The first-order chi connectivity index (χ1) is 10.1. The number of aromatic nitrogens is 1. The number of carbonyl (C=O) groups is 2. The van der Waals surface area contributed by atoms with Gasteiger partial charge in [-0.25, -0.2) is 4.98 Å². The highest BCUT2D eigenvalue weighted by molar-refractivity contribution is 6.30. The van der Waals surface area contributed by atoms with Crippen molar-refractivity contribution in [2.45, 2.75) is 12.0 Å². The summed E-state index contributed by atoms with van der Waals surface area (Å²) in [7, 11) is 0. The Hall–Kier alpha value is -2.40. The molecule has 0 saturated heterocycles. The fourth-order valence-corrected chi connectivity index (χ4v) is 2.10. The maximum Gasteiger partial charge on any atom is 0.313 e. The van der Waals surface area contributed by atoms with E-state index in [0.717, 1.165) is 0 Å². The summed E-state index contributed by atoms with van der Waals surface area (Å²) in [4.78, 5) is 26.8. The fourth-order valence-electron chi connectivity index (χ4n) is 1.99. The second-order valence-electron chi connectivity index (χ2n) is 4.39. The molecule has 2 aromatic rings. The lowest BCUT2D eigenvalue weighted by Gasteiger charge is -2.21. The highest BCUT2D eigenvalue weighted by atomic mass is 35.5. The third kappa shape index (κ3) is 3.79. The lowest BCUT2D eigenvalue weighted by molar-refractivity contribution is -0.140. The average Bonchev–Trinajstić information content (AvgIpc) is 2.49. The van der Waals surface area contributed by atoms with Gasteiger partial charge in [-0.15, -0.1) is 0 Å². The molecular formula is C15H13ClN2O3. The molecule has 1 aromatic heterocycles. The van der Waals surface area contributed by atoms with Crippen molar-refractivity contribution in [1.29, 1.82) is 0 Å². The van der Waals surface area contributed by atoms with E-state index in [4.69, 9.17) is 11.6 Å². The second-order valence-corrected chi connectivity index (χ2v) is 4.83. The van der Waals surface area contributed by atoms with Gasteiger partial charge in [-0.3, -0.25) is 4.79 Å². The largest absolute Gasteiger partial charge is 0.481 e. The number of nitrogens with zero attached hydrogens (tertiary/aromatic N) is 1. The van der Waals surface area contributed by atoms with E-state index < -0.39 is 17.9 Å². The van der Waals surface area contributed by atoms with Crippen LogP contribution >= 0.6 is 11.6 Å². The summed E-state index contributed by atoms with van der Waals surface area (Å²) in [6.45, 7) is 0. The lowest BCUT2D eigenvalue weighted by Crippen LogP contribution is -2.34. The van der Waals surface area contributed by atoms with E-state index in [2.05, 4.69) is 10.3 Å². The van der Waals surface area contributed by atoms with Gasteiger partial charge in [-0.2, -0.15) is 0 Å². The number of nitrogens with one attached hydrogen (secondary N) is 1. The van der Waals surface area contributed by atoms with E-state index in [9.17, 15) is 14.7 Å². The monoisotopic (exact) mass is 304 g/mol. The van der Waals surface area contributed by atoms with Gasteiger partial charge in [-0.05, 0) is 17.7 Å². The smallest absolute Gasteiger partial charge is 0.313 e. The van der Waals surface area contributed by atoms with Crippen LogP contribution in [0, 0.1) is 0 Å². The molecule has 0 aliphatic heterocycles. The molecule has 0 amide bonds. The average molecular weight is 305 g/mol. The number of carbonyl (C=O) groups excluding carboxylic acids is 1. The molecule has 2 N–H and O–H groups in total. The highest BCUT2D eigenvalue weighted by Gasteiger charge is 2.29. The van der Waals surface area contributed by atoms with Gasteiger partial charge in [0.1, 0.15) is 24.1 Å². The predicted octanol–water partition coefficient (Wildman–Crippen LogP) is 2.58. The summed E-state index contributed by atoms with van der Waals surface area (Å²) >= 11 is 5.74. The van der Waals surface area contributed by atoms with E-state index in [1.54, 1.807) is 42.5 Å². The van der Waals surface area contributed by atoms with Crippen molar-refractivity contribution in [3.05, 3.63) is 59.2 Å². The van der Waals surface area contributed by atoms with Gasteiger partial charge in [0.05, 0.1) is 5.02 Å². The van der Waals surface area contributed by atoms with Crippen molar-refractivity contribution in [1.82, 2.24) is 4.98 Å². The lowest BCUT2D eigenvalue weighted by atomic mass is 9.92. The number of pyridine rings is 1. The molecule has 6 heteroatoms. The summed E-state index contributed by atoms with van der Waals surface area (Å²) in [5.74, 6) is -1.69. The molecule has 0 spiro atoms. The quantitative estimate of drug-likeness (QED) is 0.802. The van der Waals surface area contributed by atoms with Crippen LogP contribution in [0.2, 0.25) is 5.02 Å². The molecule has 0 bridgehead atoms. The van der Waals surface area contributed by atoms with Gasteiger partial charge >= 0.3 is 5.97 Å². The molecule has 21 heavy (non-hydrogen) atoms. The molecular weight excluding hydrogens is 292 g/mol.